The van der Waals surface area contributed by atoms with Gasteiger partial charge in [-0.3, -0.25) is 0 Å². The van der Waals surface area contributed by atoms with Crippen molar-refractivity contribution in [1.82, 2.24) is 4.90 Å². The smallest absolute Gasteiger partial charge is 0.0366 e. The number of rotatable bonds is 3. The Labute approximate surface area is 122 Å². The van der Waals surface area contributed by atoms with E-state index < -0.39 is 0 Å². The summed E-state index contributed by atoms with van der Waals surface area (Å²) in [6.45, 7) is 4.45. The highest BCUT2D eigenvalue weighted by atomic mass is 15.2. The number of likely N-dealkylation sites (tertiary alicyclic amines) is 1. The van der Waals surface area contributed by atoms with Crippen LogP contribution in [0, 0.1) is 5.92 Å². The first-order valence-corrected chi connectivity index (χ1v) is 8.02. The summed E-state index contributed by atoms with van der Waals surface area (Å²) in [5, 5.41) is 0. The summed E-state index contributed by atoms with van der Waals surface area (Å²) in [5.74, 6) is 0.853. The van der Waals surface area contributed by atoms with Gasteiger partial charge >= 0.3 is 0 Å². The van der Waals surface area contributed by atoms with Crippen LogP contribution >= 0.6 is 0 Å². The van der Waals surface area contributed by atoms with Crippen LogP contribution in [0.3, 0.4) is 0 Å². The maximum absolute atomic E-state index is 5.61. The van der Waals surface area contributed by atoms with Crippen LogP contribution in [-0.4, -0.2) is 44.2 Å². The quantitative estimate of drug-likeness (QED) is 0.915. The number of hydrogen-bond acceptors (Lipinski definition) is 3. The Morgan fingerprint density at radius 2 is 1.95 bits per heavy atom. The third-order valence-electron chi connectivity index (χ3n) is 5.08. The van der Waals surface area contributed by atoms with Gasteiger partial charge in [0, 0.05) is 24.8 Å². The Kier molecular flexibility index (Phi) is 4.27. The molecule has 3 nitrogen and oxygen atoms in total. The molecule has 0 spiro atoms. The molecule has 0 amide bonds. The molecule has 3 heteroatoms. The molecule has 0 bridgehead atoms. The zero-order valence-electron chi connectivity index (χ0n) is 12.6. The molecule has 2 unspecified atom stereocenters. The number of hydrogen-bond donors (Lipinski definition) is 1. The van der Waals surface area contributed by atoms with Crippen molar-refractivity contribution in [3.05, 3.63) is 29.8 Å². The van der Waals surface area contributed by atoms with Crippen molar-refractivity contribution in [3.63, 3.8) is 0 Å². The second kappa shape index (κ2) is 6.15. The van der Waals surface area contributed by atoms with Gasteiger partial charge in [0.05, 0.1) is 0 Å². The van der Waals surface area contributed by atoms with E-state index in [1.54, 1.807) is 0 Å². The summed E-state index contributed by atoms with van der Waals surface area (Å²) in [4.78, 5) is 5.16. The predicted molar refractivity (Wildman–Crippen MR) is 85.2 cm³/mol. The highest BCUT2D eigenvalue weighted by Gasteiger charge is 2.34. The first-order chi connectivity index (χ1) is 9.78. The number of nitrogens with zero attached hydrogens (tertiary/aromatic N) is 2. The van der Waals surface area contributed by atoms with Gasteiger partial charge in [-0.1, -0.05) is 12.1 Å². The van der Waals surface area contributed by atoms with Crippen LogP contribution in [0.15, 0.2) is 24.3 Å². The molecule has 3 rings (SSSR count). The molecule has 20 heavy (non-hydrogen) atoms. The fourth-order valence-electron chi connectivity index (χ4n) is 3.93. The summed E-state index contributed by atoms with van der Waals surface area (Å²) in [6.07, 6.45) is 5.05. The van der Waals surface area contributed by atoms with Gasteiger partial charge in [-0.15, -0.1) is 0 Å². The molecule has 1 aromatic rings. The molecule has 0 radical (unpaired) electrons. The largest absolute Gasteiger partial charge is 0.371 e. The van der Waals surface area contributed by atoms with E-state index in [0.717, 1.165) is 24.9 Å². The minimum atomic E-state index is 0.735. The van der Waals surface area contributed by atoms with Crippen LogP contribution in [-0.2, 0) is 6.42 Å². The standard InChI is InChI=1S/C17H27N3/c1-19-11-2-3-15-13-20(12-9-17(15)19)16-6-4-14(5-7-16)8-10-18/h4-7,15,17H,2-3,8-13,18H2,1H3. The summed E-state index contributed by atoms with van der Waals surface area (Å²) in [6, 6.07) is 9.84. The second-order valence-corrected chi connectivity index (χ2v) is 6.39. The summed E-state index contributed by atoms with van der Waals surface area (Å²) < 4.78 is 0. The van der Waals surface area contributed by atoms with Crippen LogP contribution in [0.2, 0.25) is 0 Å². The number of piperidine rings is 2. The molecule has 2 N–H and O–H groups in total. The van der Waals surface area contributed by atoms with E-state index >= 15 is 0 Å². The molecule has 2 heterocycles. The molecule has 2 aliphatic heterocycles. The van der Waals surface area contributed by atoms with Gasteiger partial charge in [0.1, 0.15) is 0 Å². The first kappa shape index (κ1) is 13.9. The highest BCUT2D eigenvalue weighted by molar-refractivity contribution is 5.48. The Morgan fingerprint density at radius 3 is 2.70 bits per heavy atom. The van der Waals surface area contributed by atoms with Crippen molar-refractivity contribution in [1.29, 1.82) is 0 Å². The molecule has 0 saturated carbocycles. The molecule has 0 aromatic heterocycles. The summed E-state index contributed by atoms with van der Waals surface area (Å²) >= 11 is 0. The Morgan fingerprint density at radius 1 is 1.15 bits per heavy atom. The number of nitrogens with two attached hydrogens (primary N) is 1. The molecular formula is C17H27N3. The lowest BCUT2D eigenvalue weighted by Gasteiger charge is -2.46. The molecule has 0 aliphatic carbocycles. The van der Waals surface area contributed by atoms with Crippen LogP contribution in [0.5, 0.6) is 0 Å². The molecular weight excluding hydrogens is 246 g/mol. The molecule has 1 aromatic carbocycles. The SMILES string of the molecule is CN1CCCC2CN(c3ccc(CCN)cc3)CCC21. The maximum atomic E-state index is 5.61. The number of fused-ring (bicyclic) bond motifs is 1. The van der Waals surface area contributed by atoms with Crippen molar-refractivity contribution >= 4 is 5.69 Å². The Bertz CT molecular complexity index is 428. The second-order valence-electron chi connectivity index (χ2n) is 6.39. The lowest BCUT2D eigenvalue weighted by atomic mass is 9.84. The molecule has 110 valence electrons. The average molecular weight is 273 g/mol. The monoisotopic (exact) mass is 273 g/mol. The fraction of sp³-hybridized carbons (Fsp3) is 0.647. The Hall–Kier alpha value is -1.06. The maximum Gasteiger partial charge on any atom is 0.0366 e. The third kappa shape index (κ3) is 2.84. The van der Waals surface area contributed by atoms with E-state index in [1.807, 2.05) is 0 Å². The first-order valence-electron chi connectivity index (χ1n) is 8.02. The van der Waals surface area contributed by atoms with Gasteiger partial charge in [0.15, 0.2) is 0 Å². The van der Waals surface area contributed by atoms with E-state index in [9.17, 15) is 0 Å². The van der Waals surface area contributed by atoms with E-state index in [4.69, 9.17) is 5.73 Å². The van der Waals surface area contributed by atoms with Gasteiger partial charge in [-0.25, -0.2) is 0 Å². The fourth-order valence-corrected chi connectivity index (χ4v) is 3.93. The minimum Gasteiger partial charge on any atom is -0.371 e. The predicted octanol–water partition coefficient (Wildman–Crippen LogP) is 2.11. The van der Waals surface area contributed by atoms with Crippen LogP contribution < -0.4 is 10.6 Å². The zero-order valence-corrected chi connectivity index (χ0v) is 12.6. The Balaban J connectivity index is 1.66. The average Bonchev–Trinajstić information content (AvgIpc) is 2.48. The normalized spacial score (nSPS) is 27.4. The summed E-state index contributed by atoms with van der Waals surface area (Å²) in [7, 11) is 2.30. The van der Waals surface area contributed by atoms with E-state index in [-0.39, 0.29) is 0 Å². The molecule has 2 saturated heterocycles. The lowest BCUT2D eigenvalue weighted by Crippen LogP contribution is -2.52. The molecule has 2 atom stereocenters. The highest BCUT2D eigenvalue weighted by Crippen LogP contribution is 2.31. The number of anilines is 1. The zero-order chi connectivity index (χ0) is 13.9. The van der Waals surface area contributed by atoms with E-state index in [0.29, 0.717) is 0 Å². The van der Waals surface area contributed by atoms with Gasteiger partial charge in [-0.2, -0.15) is 0 Å². The number of benzene rings is 1. The molecule has 2 fully saturated rings. The van der Waals surface area contributed by atoms with Crippen LogP contribution in [0.4, 0.5) is 5.69 Å². The van der Waals surface area contributed by atoms with Crippen molar-refractivity contribution in [2.75, 3.05) is 38.1 Å². The van der Waals surface area contributed by atoms with E-state index in [1.165, 1.54) is 50.1 Å². The van der Waals surface area contributed by atoms with Crippen LogP contribution in [0.25, 0.3) is 0 Å². The summed E-state index contributed by atoms with van der Waals surface area (Å²) in [5.41, 5.74) is 8.35. The van der Waals surface area contributed by atoms with E-state index in [2.05, 4.69) is 41.1 Å². The van der Waals surface area contributed by atoms with Gasteiger partial charge in [0.25, 0.3) is 0 Å². The topological polar surface area (TPSA) is 32.5 Å². The van der Waals surface area contributed by atoms with Crippen molar-refractivity contribution in [2.24, 2.45) is 11.7 Å². The van der Waals surface area contributed by atoms with Crippen molar-refractivity contribution in [2.45, 2.75) is 31.7 Å². The van der Waals surface area contributed by atoms with Gasteiger partial charge in [0.2, 0.25) is 0 Å². The lowest BCUT2D eigenvalue weighted by molar-refractivity contribution is 0.102. The minimum absolute atomic E-state index is 0.735. The molecule has 2 aliphatic rings. The van der Waals surface area contributed by atoms with Gasteiger partial charge < -0.3 is 15.5 Å². The van der Waals surface area contributed by atoms with Crippen molar-refractivity contribution < 1.29 is 0 Å². The van der Waals surface area contributed by atoms with Crippen LogP contribution in [0.1, 0.15) is 24.8 Å². The third-order valence-corrected chi connectivity index (χ3v) is 5.08. The van der Waals surface area contributed by atoms with Gasteiger partial charge in [-0.05, 0) is 69.4 Å². The van der Waals surface area contributed by atoms with Crippen molar-refractivity contribution in [3.8, 4) is 0 Å².